The van der Waals surface area contributed by atoms with Crippen LogP contribution in [-0.2, 0) is 0 Å². The van der Waals surface area contributed by atoms with Gasteiger partial charge in [-0.15, -0.1) is 0 Å². The smallest absolute Gasteiger partial charge is 0.0758 e. The number of allylic oxidation sites excluding steroid dienone is 1. The first-order valence-electron chi connectivity index (χ1n) is 9.93. The van der Waals surface area contributed by atoms with Crippen LogP contribution in [-0.4, -0.2) is 22.4 Å². The van der Waals surface area contributed by atoms with E-state index in [9.17, 15) is 10.2 Å². The maximum absolute atomic E-state index is 10.6. The molecule has 0 aromatic carbocycles. The van der Waals surface area contributed by atoms with Crippen LogP contribution in [0.3, 0.4) is 0 Å². The molecule has 0 radical (unpaired) electrons. The van der Waals surface area contributed by atoms with Crippen molar-refractivity contribution < 1.29 is 10.2 Å². The molecule has 4 aliphatic carbocycles. The molecule has 0 aromatic rings. The third-order valence-corrected chi connectivity index (χ3v) is 8.83. The fourth-order valence-corrected chi connectivity index (χ4v) is 7.62. The molecular weight excluding hydrogens is 284 g/mol. The van der Waals surface area contributed by atoms with Crippen LogP contribution >= 0.6 is 0 Å². The lowest BCUT2D eigenvalue weighted by molar-refractivity contribution is -0.117. The SMILES string of the molecule is C/C=C1\C(O)CC2C3CCC4CC(O)CCC4(C)C3CCC12C. The average Bonchev–Trinajstić information content (AvgIpc) is 2.77. The lowest BCUT2D eigenvalue weighted by atomic mass is 9.45. The van der Waals surface area contributed by atoms with E-state index in [-0.39, 0.29) is 17.6 Å². The first-order chi connectivity index (χ1) is 10.9. The predicted molar refractivity (Wildman–Crippen MR) is 92.9 cm³/mol. The quantitative estimate of drug-likeness (QED) is 0.654. The van der Waals surface area contributed by atoms with Gasteiger partial charge in [-0.2, -0.15) is 0 Å². The lowest BCUT2D eigenvalue weighted by Crippen LogP contribution is -2.53. The summed E-state index contributed by atoms with van der Waals surface area (Å²) in [6, 6.07) is 0. The zero-order valence-corrected chi connectivity index (χ0v) is 15.1. The number of hydrogen-bond donors (Lipinski definition) is 2. The summed E-state index contributed by atoms with van der Waals surface area (Å²) in [7, 11) is 0. The fraction of sp³-hybridized carbons (Fsp3) is 0.905. The summed E-state index contributed by atoms with van der Waals surface area (Å²) in [6.07, 6.45) is 11.4. The van der Waals surface area contributed by atoms with Crippen molar-refractivity contribution in [3.05, 3.63) is 11.6 Å². The van der Waals surface area contributed by atoms with Crippen molar-refractivity contribution in [1.29, 1.82) is 0 Å². The molecule has 23 heavy (non-hydrogen) atoms. The summed E-state index contributed by atoms with van der Waals surface area (Å²) in [5.41, 5.74) is 2.01. The summed E-state index contributed by atoms with van der Waals surface area (Å²) in [5.74, 6) is 3.00. The summed E-state index contributed by atoms with van der Waals surface area (Å²) >= 11 is 0. The molecule has 0 saturated heterocycles. The molecule has 0 aromatic heterocycles. The number of aliphatic hydroxyl groups excluding tert-OH is 2. The Kier molecular flexibility index (Phi) is 3.74. The van der Waals surface area contributed by atoms with E-state index >= 15 is 0 Å². The van der Waals surface area contributed by atoms with Crippen molar-refractivity contribution in [3.63, 3.8) is 0 Å². The van der Waals surface area contributed by atoms with Crippen molar-refractivity contribution in [1.82, 2.24) is 0 Å². The Morgan fingerprint density at radius 2 is 1.74 bits per heavy atom. The minimum atomic E-state index is -0.201. The number of fused-ring (bicyclic) bond motifs is 5. The van der Waals surface area contributed by atoms with Crippen molar-refractivity contribution >= 4 is 0 Å². The van der Waals surface area contributed by atoms with Crippen molar-refractivity contribution in [2.75, 3.05) is 0 Å². The fourth-order valence-electron chi connectivity index (χ4n) is 7.62. The van der Waals surface area contributed by atoms with E-state index in [2.05, 4.69) is 26.8 Å². The Balaban J connectivity index is 1.65. The molecule has 4 saturated carbocycles. The molecular formula is C21H34O2. The van der Waals surface area contributed by atoms with E-state index < -0.39 is 0 Å². The minimum absolute atomic E-state index is 0.0542. The van der Waals surface area contributed by atoms with Gasteiger partial charge < -0.3 is 10.2 Å². The highest BCUT2D eigenvalue weighted by molar-refractivity contribution is 5.27. The molecule has 0 spiro atoms. The highest BCUT2D eigenvalue weighted by Gasteiger charge is 2.60. The third-order valence-electron chi connectivity index (χ3n) is 8.83. The van der Waals surface area contributed by atoms with Crippen LogP contribution in [0, 0.1) is 34.5 Å². The van der Waals surface area contributed by atoms with Gasteiger partial charge in [0, 0.05) is 0 Å². The largest absolute Gasteiger partial charge is 0.393 e. The topological polar surface area (TPSA) is 40.5 Å². The van der Waals surface area contributed by atoms with Crippen LogP contribution in [0.5, 0.6) is 0 Å². The monoisotopic (exact) mass is 318 g/mol. The predicted octanol–water partition coefficient (Wildman–Crippen LogP) is 4.31. The number of hydrogen-bond acceptors (Lipinski definition) is 2. The second-order valence-corrected chi connectivity index (χ2v) is 9.54. The minimum Gasteiger partial charge on any atom is -0.393 e. The zero-order chi connectivity index (χ0) is 16.4. The molecule has 8 unspecified atom stereocenters. The third kappa shape index (κ3) is 2.13. The molecule has 2 heteroatoms. The van der Waals surface area contributed by atoms with Crippen LogP contribution < -0.4 is 0 Å². The molecule has 0 aliphatic heterocycles. The van der Waals surface area contributed by atoms with E-state index in [0.717, 1.165) is 37.0 Å². The second kappa shape index (κ2) is 5.33. The lowest BCUT2D eigenvalue weighted by Gasteiger charge is -2.60. The summed E-state index contributed by atoms with van der Waals surface area (Å²) < 4.78 is 0. The summed E-state index contributed by atoms with van der Waals surface area (Å²) in [6.45, 7) is 7.07. The molecule has 0 bridgehead atoms. The van der Waals surface area contributed by atoms with Crippen molar-refractivity contribution in [2.45, 2.75) is 84.3 Å². The van der Waals surface area contributed by atoms with E-state index in [1.165, 1.54) is 37.7 Å². The molecule has 130 valence electrons. The van der Waals surface area contributed by atoms with E-state index in [0.29, 0.717) is 11.3 Å². The normalized spacial score (nSPS) is 57.7. The van der Waals surface area contributed by atoms with Gasteiger partial charge in [0.2, 0.25) is 0 Å². The van der Waals surface area contributed by atoms with Gasteiger partial charge in [-0.3, -0.25) is 0 Å². The molecule has 4 aliphatic rings. The summed E-state index contributed by atoms with van der Waals surface area (Å²) in [4.78, 5) is 0. The molecule has 4 fully saturated rings. The molecule has 2 N–H and O–H groups in total. The molecule has 4 rings (SSSR count). The zero-order valence-electron chi connectivity index (χ0n) is 15.1. The maximum Gasteiger partial charge on any atom is 0.0758 e. The van der Waals surface area contributed by atoms with Crippen LogP contribution in [0.15, 0.2) is 11.6 Å². The van der Waals surface area contributed by atoms with Gasteiger partial charge in [-0.05, 0) is 98.4 Å². The molecule has 0 heterocycles. The van der Waals surface area contributed by atoms with Gasteiger partial charge >= 0.3 is 0 Å². The average molecular weight is 319 g/mol. The van der Waals surface area contributed by atoms with E-state index in [1.807, 2.05) is 0 Å². The van der Waals surface area contributed by atoms with Crippen molar-refractivity contribution in [2.24, 2.45) is 34.5 Å². The number of rotatable bonds is 0. The maximum atomic E-state index is 10.6. The van der Waals surface area contributed by atoms with Crippen LogP contribution in [0.2, 0.25) is 0 Å². The van der Waals surface area contributed by atoms with Crippen LogP contribution in [0.4, 0.5) is 0 Å². The first kappa shape index (κ1) is 16.1. The summed E-state index contributed by atoms with van der Waals surface area (Å²) in [5, 5.41) is 20.7. The highest BCUT2D eigenvalue weighted by Crippen LogP contribution is 2.67. The molecule has 8 atom stereocenters. The Morgan fingerprint density at radius 3 is 2.48 bits per heavy atom. The van der Waals surface area contributed by atoms with Gasteiger partial charge in [0.1, 0.15) is 0 Å². The molecule has 2 nitrogen and oxygen atoms in total. The second-order valence-electron chi connectivity index (χ2n) is 9.54. The van der Waals surface area contributed by atoms with Gasteiger partial charge in [0.05, 0.1) is 12.2 Å². The van der Waals surface area contributed by atoms with Crippen LogP contribution in [0.25, 0.3) is 0 Å². The first-order valence-corrected chi connectivity index (χ1v) is 9.93. The standard InChI is InChI=1S/C21H34O2/c1-4-16-19(23)12-18-15-6-5-13-11-14(22)7-9-20(13,2)17(15)8-10-21(16,18)3/h4,13-15,17-19,22-23H,5-12H2,1-3H3/b16-4+. The Labute approximate surface area is 141 Å². The van der Waals surface area contributed by atoms with Crippen molar-refractivity contribution in [3.8, 4) is 0 Å². The van der Waals surface area contributed by atoms with Gasteiger partial charge in [0.15, 0.2) is 0 Å². The highest BCUT2D eigenvalue weighted by atomic mass is 16.3. The van der Waals surface area contributed by atoms with Gasteiger partial charge in [-0.1, -0.05) is 19.9 Å². The van der Waals surface area contributed by atoms with Gasteiger partial charge in [-0.25, -0.2) is 0 Å². The number of aliphatic hydroxyl groups is 2. The van der Waals surface area contributed by atoms with E-state index in [4.69, 9.17) is 0 Å². The van der Waals surface area contributed by atoms with Gasteiger partial charge in [0.25, 0.3) is 0 Å². The molecule has 0 amide bonds. The van der Waals surface area contributed by atoms with Crippen LogP contribution in [0.1, 0.15) is 72.1 Å². The van der Waals surface area contributed by atoms with E-state index in [1.54, 1.807) is 0 Å². The Bertz CT molecular complexity index is 512. The Hall–Kier alpha value is -0.340. The Morgan fingerprint density at radius 1 is 0.957 bits per heavy atom.